The number of benzene rings is 1. The van der Waals surface area contributed by atoms with E-state index < -0.39 is 0 Å². The largest absolute Gasteiger partial charge is 0.454 e. The molecule has 114 valence electrons. The minimum atomic E-state index is 0.436. The van der Waals surface area contributed by atoms with Crippen molar-refractivity contribution in [2.75, 3.05) is 5.32 Å². The maximum atomic E-state index is 5.80. The highest BCUT2D eigenvalue weighted by Gasteiger charge is 2.09. The van der Waals surface area contributed by atoms with Crippen molar-refractivity contribution in [2.24, 2.45) is 7.05 Å². The molecule has 0 fully saturated rings. The summed E-state index contributed by atoms with van der Waals surface area (Å²) in [4.78, 5) is 8.70. The van der Waals surface area contributed by atoms with Gasteiger partial charge in [-0.3, -0.25) is 0 Å². The normalized spacial score (nSPS) is 11.0. The van der Waals surface area contributed by atoms with E-state index in [-0.39, 0.29) is 0 Å². The van der Waals surface area contributed by atoms with Crippen LogP contribution in [0.3, 0.4) is 0 Å². The van der Waals surface area contributed by atoms with E-state index in [1.54, 1.807) is 12.4 Å². The van der Waals surface area contributed by atoms with Gasteiger partial charge < -0.3 is 14.3 Å². The Labute approximate surface area is 132 Å². The molecule has 0 amide bonds. The van der Waals surface area contributed by atoms with E-state index in [1.165, 1.54) is 0 Å². The van der Waals surface area contributed by atoms with Crippen LogP contribution in [0.15, 0.2) is 53.3 Å². The zero-order valence-electron chi connectivity index (χ0n) is 12.5. The second-order valence-corrected chi connectivity index (χ2v) is 5.12. The molecule has 0 spiro atoms. The lowest BCUT2D eigenvalue weighted by molar-refractivity contribution is 0.627. The molecule has 0 saturated heterocycles. The van der Waals surface area contributed by atoms with E-state index in [1.807, 2.05) is 48.1 Å². The van der Waals surface area contributed by atoms with Gasteiger partial charge in [0, 0.05) is 24.8 Å². The molecule has 3 heterocycles. The molecule has 3 aromatic heterocycles. The van der Waals surface area contributed by atoms with Crippen LogP contribution in [0.2, 0.25) is 0 Å². The van der Waals surface area contributed by atoms with Crippen molar-refractivity contribution in [3.8, 4) is 11.5 Å². The van der Waals surface area contributed by atoms with Gasteiger partial charge in [0.2, 0.25) is 5.95 Å². The first-order chi connectivity index (χ1) is 11.3. The number of nitrogens with one attached hydrogen (secondary N) is 1. The molecule has 7 nitrogen and oxygen atoms in total. The highest BCUT2D eigenvalue weighted by atomic mass is 16.3. The smallest absolute Gasteiger partial charge is 0.243 e. The summed E-state index contributed by atoms with van der Waals surface area (Å²) >= 11 is 0. The number of furan rings is 1. The molecule has 23 heavy (non-hydrogen) atoms. The first kappa shape index (κ1) is 13.4. The number of aryl methyl sites for hydroxylation is 1. The van der Waals surface area contributed by atoms with E-state index >= 15 is 0 Å². The Kier molecular flexibility index (Phi) is 3.23. The van der Waals surface area contributed by atoms with Crippen LogP contribution in [-0.2, 0) is 13.6 Å². The van der Waals surface area contributed by atoms with Crippen molar-refractivity contribution < 1.29 is 4.42 Å². The molecule has 0 atom stereocenters. The Balaban J connectivity index is 1.59. The predicted molar refractivity (Wildman–Crippen MR) is 85.6 cm³/mol. The molecule has 7 heteroatoms. The summed E-state index contributed by atoms with van der Waals surface area (Å²) in [5.41, 5.74) is 1.46. The predicted octanol–water partition coefficient (Wildman–Crippen LogP) is 2.63. The number of hydrogen-bond donors (Lipinski definition) is 1. The average molecular weight is 306 g/mol. The van der Waals surface area contributed by atoms with Crippen LogP contribution in [0.25, 0.3) is 22.4 Å². The van der Waals surface area contributed by atoms with Crippen LogP contribution in [-0.4, -0.2) is 24.7 Å². The van der Waals surface area contributed by atoms with Crippen LogP contribution in [0.4, 0.5) is 5.95 Å². The molecule has 4 rings (SSSR count). The lowest BCUT2D eigenvalue weighted by Crippen LogP contribution is -2.09. The van der Waals surface area contributed by atoms with Crippen molar-refractivity contribution in [2.45, 2.75) is 6.54 Å². The number of aromatic nitrogens is 5. The Morgan fingerprint density at radius 3 is 3.00 bits per heavy atom. The Morgan fingerprint density at radius 1 is 1.26 bits per heavy atom. The molecule has 0 radical (unpaired) electrons. The van der Waals surface area contributed by atoms with Gasteiger partial charge in [-0.15, -0.1) is 5.10 Å². The van der Waals surface area contributed by atoms with Crippen molar-refractivity contribution in [1.82, 2.24) is 24.7 Å². The third-order valence-corrected chi connectivity index (χ3v) is 3.56. The van der Waals surface area contributed by atoms with Crippen LogP contribution < -0.4 is 5.32 Å². The molecule has 0 aliphatic heterocycles. The average Bonchev–Trinajstić information content (AvgIpc) is 3.19. The highest BCUT2D eigenvalue weighted by molar-refractivity contribution is 5.81. The van der Waals surface area contributed by atoms with Crippen molar-refractivity contribution in [1.29, 1.82) is 0 Å². The van der Waals surface area contributed by atoms with Crippen molar-refractivity contribution in [3.05, 3.63) is 54.7 Å². The zero-order valence-corrected chi connectivity index (χ0v) is 12.5. The maximum absolute atomic E-state index is 5.80. The standard InChI is InChI=1S/C16H14N6O/c1-22-7-6-17-15(22)10-18-16-20-12(9-19-21-16)14-8-11-4-2-3-5-13(11)23-14/h2-9H,10H2,1H3,(H,18,20,21). The first-order valence-electron chi connectivity index (χ1n) is 7.18. The van der Waals surface area contributed by atoms with E-state index in [9.17, 15) is 0 Å². The fourth-order valence-electron chi connectivity index (χ4n) is 2.33. The van der Waals surface area contributed by atoms with Crippen LogP contribution >= 0.6 is 0 Å². The van der Waals surface area contributed by atoms with E-state index in [0.717, 1.165) is 16.8 Å². The number of anilines is 1. The monoisotopic (exact) mass is 306 g/mol. The van der Waals surface area contributed by atoms with Gasteiger partial charge in [-0.1, -0.05) is 18.2 Å². The number of imidazole rings is 1. The molecular weight excluding hydrogens is 292 g/mol. The topological polar surface area (TPSA) is 81.7 Å². The second-order valence-electron chi connectivity index (χ2n) is 5.12. The molecule has 1 aromatic carbocycles. The summed E-state index contributed by atoms with van der Waals surface area (Å²) in [5.74, 6) is 2.00. The van der Waals surface area contributed by atoms with Gasteiger partial charge in [0.1, 0.15) is 17.1 Å². The van der Waals surface area contributed by atoms with Gasteiger partial charge in [-0.25, -0.2) is 9.97 Å². The summed E-state index contributed by atoms with van der Waals surface area (Å²) in [6.07, 6.45) is 5.23. The van der Waals surface area contributed by atoms with Gasteiger partial charge in [0.05, 0.1) is 12.7 Å². The summed E-state index contributed by atoms with van der Waals surface area (Å²) in [5, 5.41) is 12.1. The highest BCUT2D eigenvalue weighted by Crippen LogP contribution is 2.26. The third-order valence-electron chi connectivity index (χ3n) is 3.56. The summed E-state index contributed by atoms with van der Waals surface area (Å²) in [6, 6.07) is 9.78. The third kappa shape index (κ3) is 2.64. The molecule has 0 unspecified atom stereocenters. The fourth-order valence-corrected chi connectivity index (χ4v) is 2.33. The molecular formula is C16H14N6O. The molecule has 0 aliphatic rings. The van der Waals surface area contributed by atoms with Crippen LogP contribution in [0.5, 0.6) is 0 Å². The number of hydrogen-bond acceptors (Lipinski definition) is 6. The minimum Gasteiger partial charge on any atom is -0.454 e. The first-order valence-corrected chi connectivity index (χ1v) is 7.18. The Hall–Kier alpha value is -3.22. The Bertz CT molecular complexity index is 925. The minimum absolute atomic E-state index is 0.436. The van der Waals surface area contributed by atoms with E-state index in [4.69, 9.17) is 4.42 Å². The SMILES string of the molecule is Cn1ccnc1CNc1nncc(-c2cc3ccccc3o2)n1. The van der Waals surface area contributed by atoms with Gasteiger partial charge in [-0.05, 0) is 12.1 Å². The summed E-state index contributed by atoms with van der Waals surface area (Å²) in [7, 11) is 1.94. The second kappa shape index (κ2) is 5.53. The molecule has 0 saturated carbocycles. The van der Waals surface area contributed by atoms with Gasteiger partial charge in [-0.2, -0.15) is 5.10 Å². The van der Waals surface area contributed by atoms with E-state index in [0.29, 0.717) is 23.9 Å². The quantitative estimate of drug-likeness (QED) is 0.624. The van der Waals surface area contributed by atoms with Crippen molar-refractivity contribution in [3.63, 3.8) is 0 Å². The zero-order chi connectivity index (χ0) is 15.6. The lowest BCUT2D eigenvalue weighted by Gasteiger charge is -2.04. The maximum Gasteiger partial charge on any atom is 0.243 e. The van der Waals surface area contributed by atoms with E-state index in [2.05, 4.69) is 25.5 Å². The van der Waals surface area contributed by atoms with Crippen LogP contribution in [0, 0.1) is 0 Å². The molecule has 0 aliphatic carbocycles. The number of rotatable bonds is 4. The number of para-hydroxylation sites is 1. The van der Waals surface area contributed by atoms with Gasteiger partial charge >= 0.3 is 0 Å². The Morgan fingerprint density at radius 2 is 2.17 bits per heavy atom. The lowest BCUT2D eigenvalue weighted by atomic mass is 10.2. The van der Waals surface area contributed by atoms with Crippen LogP contribution in [0.1, 0.15) is 5.82 Å². The van der Waals surface area contributed by atoms with Gasteiger partial charge in [0.25, 0.3) is 0 Å². The summed E-state index contributed by atoms with van der Waals surface area (Å²) in [6.45, 7) is 0.523. The summed E-state index contributed by atoms with van der Waals surface area (Å²) < 4.78 is 7.74. The molecule has 0 bridgehead atoms. The number of fused-ring (bicyclic) bond motifs is 1. The van der Waals surface area contributed by atoms with Crippen molar-refractivity contribution >= 4 is 16.9 Å². The van der Waals surface area contributed by atoms with Gasteiger partial charge in [0.15, 0.2) is 5.76 Å². The number of nitrogens with zero attached hydrogens (tertiary/aromatic N) is 5. The molecule has 4 aromatic rings. The fraction of sp³-hybridized carbons (Fsp3) is 0.125. The molecule has 1 N–H and O–H groups in total.